The number of aromatic nitrogens is 2. The molecule has 0 amide bonds. The molecule has 2 rings (SSSR count). The fourth-order valence-electron chi connectivity index (χ4n) is 2.37. The third-order valence-corrected chi connectivity index (χ3v) is 3.70. The highest BCUT2D eigenvalue weighted by Gasteiger charge is 2.20. The zero-order valence-corrected chi connectivity index (χ0v) is 11.7. The number of nitrogens with zero attached hydrogens (tertiary/aromatic N) is 2. The van der Waals surface area contributed by atoms with Gasteiger partial charge in [0.25, 0.3) is 0 Å². The molecular formula is C13H20ClN3O. The van der Waals surface area contributed by atoms with E-state index in [-0.39, 0.29) is 0 Å². The lowest BCUT2D eigenvalue weighted by Gasteiger charge is -2.25. The van der Waals surface area contributed by atoms with Gasteiger partial charge in [0, 0.05) is 23.7 Å². The first-order valence-corrected chi connectivity index (χ1v) is 6.88. The number of hydrogen-bond acceptors (Lipinski definition) is 4. The average molecular weight is 270 g/mol. The highest BCUT2D eigenvalue weighted by Crippen LogP contribution is 2.27. The Kier molecular flexibility index (Phi) is 4.64. The van der Waals surface area contributed by atoms with Crippen LogP contribution in [-0.4, -0.2) is 29.0 Å². The number of ether oxygens (including phenoxy) is 1. The van der Waals surface area contributed by atoms with Crippen LogP contribution in [0.15, 0.2) is 6.07 Å². The molecular weight excluding hydrogens is 250 g/mol. The Morgan fingerprint density at radius 3 is 3.00 bits per heavy atom. The van der Waals surface area contributed by atoms with E-state index in [0.29, 0.717) is 23.1 Å². The average Bonchev–Trinajstić information content (AvgIpc) is 2.36. The van der Waals surface area contributed by atoms with E-state index < -0.39 is 0 Å². The molecule has 1 saturated carbocycles. The lowest BCUT2D eigenvalue weighted by atomic mass is 9.89. The van der Waals surface area contributed by atoms with Crippen molar-refractivity contribution >= 4 is 17.5 Å². The molecule has 1 aliphatic carbocycles. The van der Waals surface area contributed by atoms with Crippen LogP contribution in [0, 0.1) is 12.8 Å². The normalized spacial score (nSPS) is 23.7. The van der Waals surface area contributed by atoms with Crippen LogP contribution in [0.1, 0.15) is 31.4 Å². The summed E-state index contributed by atoms with van der Waals surface area (Å²) < 4.78 is 5.13. The van der Waals surface area contributed by atoms with Crippen LogP contribution in [0.25, 0.3) is 0 Å². The lowest BCUT2D eigenvalue weighted by molar-refractivity contribution is 0.377. The van der Waals surface area contributed by atoms with Crippen molar-refractivity contribution in [2.45, 2.75) is 38.0 Å². The molecule has 4 nitrogen and oxygen atoms in total. The van der Waals surface area contributed by atoms with Gasteiger partial charge in [-0.05, 0) is 32.1 Å². The number of halogens is 1. The molecule has 1 aliphatic rings. The van der Waals surface area contributed by atoms with Crippen LogP contribution in [0.2, 0.25) is 0 Å². The van der Waals surface area contributed by atoms with Crippen molar-refractivity contribution in [3.05, 3.63) is 11.8 Å². The third-order valence-electron chi connectivity index (χ3n) is 3.31. The van der Waals surface area contributed by atoms with Crippen molar-refractivity contribution in [2.24, 2.45) is 5.92 Å². The lowest BCUT2D eigenvalue weighted by Crippen LogP contribution is -2.23. The maximum Gasteiger partial charge on any atom is 0.226 e. The molecule has 100 valence electrons. The molecule has 0 saturated heterocycles. The second-order valence-electron chi connectivity index (χ2n) is 4.89. The van der Waals surface area contributed by atoms with Gasteiger partial charge in [-0.2, -0.15) is 4.98 Å². The Balaban J connectivity index is 1.91. The molecule has 1 N–H and O–H groups in total. The second-order valence-corrected chi connectivity index (χ2v) is 5.50. The third kappa shape index (κ3) is 3.73. The topological polar surface area (TPSA) is 47.0 Å². The first kappa shape index (κ1) is 13.4. The molecule has 2 unspecified atom stereocenters. The maximum atomic E-state index is 6.19. The van der Waals surface area contributed by atoms with Crippen LogP contribution in [0.4, 0.5) is 5.95 Å². The van der Waals surface area contributed by atoms with Crippen LogP contribution in [0.5, 0.6) is 5.88 Å². The highest BCUT2D eigenvalue weighted by atomic mass is 35.5. The van der Waals surface area contributed by atoms with E-state index in [1.807, 2.05) is 13.0 Å². The van der Waals surface area contributed by atoms with Crippen LogP contribution in [0.3, 0.4) is 0 Å². The Hall–Kier alpha value is -1.03. The molecule has 18 heavy (non-hydrogen) atoms. The predicted molar refractivity (Wildman–Crippen MR) is 73.4 cm³/mol. The molecule has 0 bridgehead atoms. The van der Waals surface area contributed by atoms with Gasteiger partial charge in [0.05, 0.1) is 7.11 Å². The standard InChI is InChI=1S/C13H20ClN3O/c1-9-6-12(18-2)17-13(16-9)15-8-10-4-3-5-11(14)7-10/h6,10-11H,3-5,7-8H2,1-2H3,(H,15,16,17). The minimum absolute atomic E-state index is 0.332. The van der Waals surface area contributed by atoms with E-state index in [9.17, 15) is 0 Å². The zero-order chi connectivity index (χ0) is 13.0. The maximum absolute atomic E-state index is 6.19. The molecule has 1 heterocycles. The summed E-state index contributed by atoms with van der Waals surface area (Å²) in [4.78, 5) is 8.63. The first-order valence-electron chi connectivity index (χ1n) is 6.45. The zero-order valence-electron chi connectivity index (χ0n) is 10.9. The molecule has 0 aliphatic heterocycles. The number of hydrogen-bond donors (Lipinski definition) is 1. The summed E-state index contributed by atoms with van der Waals surface area (Å²) in [7, 11) is 1.62. The largest absolute Gasteiger partial charge is 0.481 e. The minimum atomic E-state index is 0.332. The van der Waals surface area contributed by atoms with Gasteiger partial charge in [0.2, 0.25) is 11.8 Å². The summed E-state index contributed by atoms with van der Waals surface area (Å²) in [5.74, 6) is 1.86. The van der Waals surface area contributed by atoms with Crippen molar-refractivity contribution in [1.82, 2.24) is 9.97 Å². The number of methoxy groups -OCH3 is 1. The second kappa shape index (κ2) is 6.23. The number of rotatable bonds is 4. The quantitative estimate of drug-likeness (QED) is 0.854. The molecule has 1 aromatic heterocycles. The summed E-state index contributed by atoms with van der Waals surface area (Å²) in [5, 5.41) is 3.62. The van der Waals surface area contributed by atoms with E-state index >= 15 is 0 Å². The van der Waals surface area contributed by atoms with E-state index in [0.717, 1.165) is 25.1 Å². The predicted octanol–water partition coefficient (Wildman–Crippen LogP) is 3.00. The first-order chi connectivity index (χ1) is 8.67. The highest BCUT2D eigenvalue weighted by molar-refractivity contribution is 6.20. The number of aryl methyl sites for hydroxylation is 1. The van der Waals surface area contributed by atoms with E-state index in [1.165, 1.54) is 12.8 Å². The molecule has 2 atom stereocenters. The van der Waals surface area contributed by atoms with Crippen molar-refractivity contribution < 1.29 is 4.74 Å². The van der Waals surface area contributed by atoms with Gasteiger partial charge in [-0.25, -0.2) is 4.98 Å². The summed E-state index contributed by atoms with van der Waals surface area (Å²) >= 11 is 6.19. The number of alkyl halides is 1. The van der Waals surface area contributed by atoms with Gasteiger partial charge < -0.3 is 10.1 Å². The van der Waals surface area contributed by atoms with Crippen LogP contribution < -0.4 is 10.1 Å². The summed E-state index contributed by atoms with van der Waals surface area (Å²) in [6.45, 7) is 2.82. The summed E-state index contributed by atoms with van der Waals surface area (Å²) in [6.07, 6.45) is 4.68. The Labute approximate surface area is 113 Å². The molecule has 1 aromatic rings. The summed E-state index contributed by atoms with van der Waals surface area (Å²) in [5.41, 5.74) is 0.906. The van der Waals surface area contributed by atoms with Gasteiger partial charge in [0.15, 0.2) is 0 Å². The van der Waals surface area contributed by atoms with Gasteiger partial charge in [0.1, 0.15) is 0 Å². The van der Waals surface area contributed by atoms with Crippen LogP contribution in [-0.2, 0) is 0 Å². The van der Waals surface area contributed by atoms with E-state index in [4.69, 9.17) is 16.3 Å². The fraction of sp³-hybridized carbons (Fsp3) is 0.692. The van der Waals surface area contributed by atoms with Gasteiger partial charge in [-0.15, -0.1) is 11.6 Å². The fourth-order valence-corrected chi connectivity index (χ4v) is 2.78. The van der Waals surface area contributed by atoms with Crippen molar-refractivity contribution in [3.8, 4) is 5.88 Å². The van der Waals surface area contributed by atoms with E-state index in [2.05, 4.69) is 15.3 Å². The van der Waals surface area contributed by atoms with Crippen molar-refractivity contribution in [3.63, 3.8) is 0 Å². The molecule has 0 radical (unpaired) electrons. The minimum Gasteiger partial charge on any atom is -0.481 e. The molecule has 0 aromatic carbocycles. The Morgan fingerprint density at radius 1 is 1.44 bits per heavy atom. The SMILES string of the molecule is COc1cc(C)nc(NCC2CCCC(Cl)C2)n1. The smallest absolute Gasteiger partial charge is 0.226 e. The van der Waals surface area contributed by atoms with E-state index in [1.54, 1.807) is 7.11 Å². The van der Waals surface area contributed by atoms with Gasteiger partial charge >= 0.3 is 0 Å². The Morgan fingerprint density at radius 2 is 2.28 bits per heavy atom. The number of anilines is 1. The number of nitrogens with one attached hydrogen (secondary N) is 1. The van der Waals surface area contributed by atoms with Crippen molar-refractivity contribution in [1.29, 1.82) is 0 Å². The summed E-state index contributed by atoms with van der Waals surface area (Å²) in [6, 6.07) is 1.82. The monoisotopic (exact) mass is 269 g/mol. The van der Waals surface area contributed by atoms with Crippen molar-refractivity contribution in [2.75, 3.05) is 19.0 Å². The Bertz CT molecular complexity index is 400. The van der Waals surface area contributed by atoms with Gasteiger partial charge in [-0.1, -0.05) is 6.42 Å². The molecule has 1 fully saturated rings. The van der Waals surface area contributed by atoms with Crippen LogP contribution >= 0.6 is 11.6 Å². The molecule has 5 heteroatoms. The van der Waals surface area contributed by atoms with Gasteiger partial charge in [-0.3, -0.25) is 0 Å². The molecule has 0 spiro atoms.